The number of carbonyl (C=O) groups is 2. The van der Waals surface area contributed by atoms with Crippen molar-refractivity contribution in [3.05, 3.63) is 25.1 Å². The van der Waals surface area contributed by atoms with Gasteiger partial charge in [-0.2, -0.15) is 0 Å². The lowest BCUT2D eigenvalue weighted by atomic mass is 10.2. The largest absolute Gasteiger partial charge is 0.481 e. The summed E-state index contributed by atoms with van der Waals surface area (Å²) in [6.07, 6.45) is -1.27. The predicted molar refractivity (Wildman–Crippen MR) is 42.6 cm³/mol. The number of carboxylic acids is 1. The van der Waals surface area contributed by atoms with Crippen LogP contribution >= 0.6 is 0 Å². The fourth-order valence-corrected chi connectivity index (χ4v) is 0.563. The van der Waals surface area contributed by atoms with Crippen molar-refractivity contribution in [2.75, 3.05) is 0 Å². The van der Waals surface area contributed by atoms with Gasteiger partial charge in [-0.3, -0.25) is 4.79 Å². The van der Waals surface area contributed by atoms with Crippen molar-refractivity contribution in [1.29, 1.82) is 0 Å². The first-order chi connectivity index (χ1) is 5.97. The maximum atomic E-state index is 12.5. The number of aliphatic carboxylic acids is 1. The lowest BCUT2D eigenvalue weighted by Gasteiger charge is -2.11. The third kappa shape index (κ3) is 4.73. The first-order valence-electron chi connectivity index (χ1n) is 3.36. The molecule has 0 spiro atoms. The molecule has 0 fully saturated rings. The van der Waals surface area contributed by atoms with Crippen LogP contribution in [0.15, 0.2) is 25.1 Å². The average molecular weight is 188 g/mol. The highest BCUT2D eigenvalue weighted by Crippen LogP contribution is 2.10. The van der Waals surface area contributed by atoms with E-state index in [4.69, 9.17) is 5.11 Å². The lowest BCUT2D eigenvalue weighted by Crippen LogP contribution is -2.20. The van der Waals surface area contributed by atoms with Gasteiger partial charge < -0.3 is 9.84 Å². The molecule has 1 atom stereocenters. The molecule has 0 aromatic carbocycles. The predicted octanol–water partition coefficient (Wildman–Crippen LogP) is 1.04. The number of rotatable bonds is 5. The molecule has 0 saturated heterocycles. The van der Waals surface area contributed by atoms with Gasteiger partial charge in [0.2, 0.25) is 0 Å². The summed E-state index contributed by atoms with van der Waals surface area (Å²) in [5, 5.41) is 8.29. The second-order valence-corrected chi connectivity index (χ2v) is 2.17. The molecule has 0 aliphatic rings. The maximum absolute atomic E-state index is 12.5. The molecule has 13 heavy (non-hydrogen) atoms. The van der Waals surface area contributed by atoms with Crippen molar-refractivity contribution < 1.29 is 23.8 Å². The van der Waals surface area contributed by atoms with Crippen LogP contribution in [0.3, 0.4) is 0 Å². The fraction of sp³-hybridized carbons (Fsp3) is 0.250. The Labute approximate surface area is 74.3 Å². The zero-order chi connectivity index (χ0) is 10.4. The smallest absolute Gasteiger partial charge is 0.330 e. The quantitative estimate of drug-likeness (QED) is 0.517. The Hall–Kier alpha value is -1.65. The van der Waals surface area contributed by atoms with Crippen LogP contribution in [0.1, 0.15) is 6.42 Å². The topological polar surface area (TPSA) is 63.6 Å². The third-order valence-electron chi connectivity index (χ3n) is 1.13. The SMILES string of the molecule is C=CC(=O)OC(CC(=O)O)C(=C)F. The molecule has 0 bridgehead atoms. The molecule has 4 nitrogen and oxygen atoms in total. The van der Waals surface area contributed by atoms with Crippen molar-refractivity contribution in [3.63, 3.8) is 0 Å². The second-order valence-electron chi connectivity index (χ2n) is 2.17. The Morgan fingerprint density at radius 2 is 2.15 bits per heavy atom. The Kier molecular flexibility index (Phi) is 4.43. The minimum Gasteiger partial charge on any atom is -0.481 e. The van der Waals surface area contributed by atoms with Crippen LogP contribution in [0, 0.1) is 0 Å². The molecular weight excluding hydrogens is 179 g/mol. The van der Waals surface area contributed by atoms with Gasteiger partial charge in [-0.25, -0.2) is 9.18 Å². The van der Waals surface area contributed by atoms with Crippen molar-refractivity contribution in [2.45, 2.75) is 12.5 Å². The first-order valence-corrected chi connectivity index (χ1v) is 3.36. The normalized spacial score (nSPS) is 11.5. The van der Waals surface area contributed by atoms with E-state index >= 15 is 0 Å². The van der Waals surface area contributed by atoms with E-state index in [0.717, 1.165) is 6.08 Å². The van der Waals surface area contributed by atoms with Gasteiger partial charge in [0.25, 0.3) is 0 Å². The monoisotopic (exact) mass is 188 g/mol. The van der Waals surface area contributed by atoms with Crippen LogP contribution in [-0.2, 0) is 14.3 Å². The molecule has 5 heteroatoms. The molecule has 1 unspecified atom stereocenters. The van der Waals surface area contributed by atoms with Crippen molar-refractivity contribution in [1.82, 2.24) is 0 Å². The summed E-state index contributed by atoms with van der Waals surface area (Å²) in [5.74, 6) is -3.16. The first kappa shape index (κ1) is 11.4. The lowest BCUT2D eigenvalue weighted by molar-refractivity contribution is -0.147. The van der Waals surface area contributed by atoms with Gasteiger partial charge in [0.05, 0.1) is 6.42 Å². The zero-order valence-corrected chi connectivity index (χ0v) is 6.83. The highest BCUT2D eigenvalue weighted by molar-refractivity contribution is 5.81. The molecule has 0 saturated carbocycles. The van der Waals surface area contributed by atoms with E-state index in [0.29, 0.717) is 0 Å². The molecule has 0 rings (SSSR count). The maximum Gasteiger partial charge on any atom is 0.330 e. The number of esters is 1. The molecule has 1 N–H and O–H groups in total. The number of carbonyl (C=O) groups excluding carboxylic acids is 1. The van der Waals surface area contributed by atoms with E-state index in [-0.39, 0.29) is 0 Å². The molecule has 72 valence electrons. The number of hydrogen-bond donors (Lipinski definition) is 1. The van der Waals surface area contributed by atoms with E-state index in [1.807, 2.05) is 0 Å². The summed E-state index contributed by atoms with van der Waals surface area (Å²) in [5.41, 5.74) is 0. The minimum absolute atomic E-state index is 0.644. The van der Waals surface area contributed by atoms with Gasteiger partial charge >= 0.3 is 11.9 Å². The Bertz CT molecular complexity index is 247. The van der Waals surface area contributed by atoms with Crippen LogP contribution in [0.2, 0.25) is 0 Å². The van der Waals surface area contributed by atoms with E-state index in [9.17, 15) is 14.0 Å². The van der Waals surface area contributed by atoms with Gasteiger partial charge in [-0.15, -0.1) is 0 Å². The van der Waals surface area contributed by atoms with E-state index < -0.39 is 30.3 Å². The minimum atomic E-state index is -1.44. The summed E-state index contributed by atoms with van der Waals surface area (Å²) in [7, 11) is 0. The molecule has 0 radical (unpaired) electrons. The van der Waals surface area contributed by atoms with Crippen LogP contribution in [0.4, 0.5) is 4.39 Å². The van der Waals surface area contributed by atoms with Gasteiger partial charge in [-0.05, 0) is 0 Å². The third-order valence-corrected chi connectivity index (χ3v) is 1.13. The van der Waals surface area contributed by atoms with E-state index in [1.165, 1.54) is 0 Å². The van der Waals surface area contributed by atoms with Crippen LogP contribution < -0.4 is 0 Å². The zero-order valence-electron chi connectivity index (χ0n) is 6.83. The van der Waals surface area contributed by atoms with Gasteiger partial charge in [0, 0.05) is 6.08 Å². The molecule has 0 aromatic rings. The molecule has 0 heterocycles. The number of ether oxygens (including phenoxy) is 1. The molecule has 0 aliphatic carbocycles. The van der Waals surface area contributed by atoms with Crippen molar-refractivity contribution in [3.8, 4) is 0 Å². The fourth-order valence-electron chi connectivity index (χ4n) is 0.563. The summed E-state index contributed by atoms with van der Waals surface area (Å²) in [4.78, 5) is 20.7. The summed E-state index contributed by atoms with van der Waals surface area (Å²) >= 11 is 0. The van der Waals surface area contributed by atoms with Crippen LogP contribution in [0.25, 0.3) is 0 Å². The van der Waals surface area contributed by atoms with E-state index in [2.05, 4.69) is 17.9 Å². The summed E-state index contributed by atoms with van der Waals surface area (Å²) in [6.45, 7) is 5.93. The van der Waals surface area contributed by atoms with E-state index in [1.54, 1.807) is 0 Å². The Morgan fingerprint density at radius 1 is 1.62 bits per heavy atom. The Balaban J connectivity index is 4.26. The van der Waals surface area contributed by atoms with Gasteiger partial charge in [0.1, 0.15) is 5.83 Å². The van der Waals surface area contributed by atoms with Crippen molar-refractivity contribution >= 4 is 11.9 Å². The highest BCUT2D eigenvalue weighted by atomic mass is 19.1. The van der Waals surface area contributed by atoms with Crippen LogP contribution in [0.5, 0.6) is 0 Å². The summed E-state index contributed by atoms with van der Waals surface area (Å²) in [6, 6.07) is 0. The molecule has 0 aromatic heterocycles. The molecular formula is C8H9FO4. The molecule has 0 amide bonds. The van der Waals surface area contributed by atoms with Crippen molar-refractivity contribution in [2.24, 2.45) is 0 Å². The van der Waals surface area contributed by atoms with Crippen LogP contribution in [-0.4, -0.2) is 23.1 Å². The van der Waals surface area contributed by atoms with Gasteiger partial charge in [0.15, 0.2) is 6.10 Å². The number of carboxylic acid groups (broad SMARTS) is 1. The van der Waals surface area contributed by atoms with Gasteiger partial charge in [-0.1, -0.05) is 13.2 Å². The summed E-state index contributed by atoms with van der Waals surface area (Å²) < 4.78 is 16.8. The Morgan fingerprint density at radius 3 is 2.46 bits per heavy atom. The standard InChI is InChI=1S/C8H9FO4/c1-3-8(12)13-6(5(2)9)4-7(10)11/h3,6H,1-2,4H2,(H,10,11). The number of halogens is 1. The highest BCUT2D eigenvalue weighted by Gasteiger charge is 2.19. The average Bonchev–Trinajstić information content (AvgIpc) is 2.02. The second kappa shape index (κ2) is 5.08. The molecule has 0 aliphatic heterocycles. The number of hydrogen-bond acceptors (Lipinski definition) is 3.